The van der Waals surface area contributed by atoms with Crippen molar-refractivity contribution in [2.75, 3.05) is 32.6 Å². The Balaban J connectivity index is 0.00000480. The summed E-state index contributed by atoms with van der Waals surface area (Å²) in [4.78, 5) is 15.8. The van der Waals surface area contributed by atoms with Crippen molar-refractivity contribution in [2.45, 2.75) is 26.5 Å². The molecule has 1 amide bonds. The summed E-state index contributed by atoms with van der Waals surface area (Å²) in [5.74, 6) is 2.22. The number of nitrogens with one attached hydrogen (secondary N) is 3. The standard InChI is InChI=1S/C22H30N4O4.HI/c1-5-23-21(24-14-16(2)30-20-8-6-7-19(13-20)28-3)25-15-17-9-11-18(12-10-17)26-22(27)29-4;/h6-13,16H,5,14-15H2,1-4H3,(H,26,27)(H2,23,24,25);1H. The van der Waals surface area contributed by atoms with Crippen LogP contribution in [0.2, 0.25) is 0 Å². The zero-order valence-electron chi connectivity index (χ0n) is 18.3. The molecule has 0 aliphatic carbocycles. The first kappa shape index (κ1) is 26.3. The molecule has 9 heteroatoms. The fourth-order valence-electron chi connectivity index (χ4n) is 2.56. The lowest BCUT2D eigenvalue weighted by atomic mass is 10.2. The summed E-state index contributed by atoms with van der Waals surface area (Å²) in [7, 11) is 2.96. The third kappa shape index (κ3) is 9.77. The van der Waals surface area contributed by atoms with Crippen molar-refractivity contribution in [3.05, 3.63) is 54.1 Å². The number of ether oxygens (including phenoxy) is 3. The molecule has 0 aliphatic heterocycles. The summed E-state index contributed by atoms with van der Waals surface area (Å²) in [6.45, 7) is 5.84. The van der Waals surface area contributed by atoms with E-state index in [4.69, 9.17) is 9.47 Å². The molecule has 0 saturated heterocycles. The Labute approximate surface area is 200 Å². The fraction of sp³-hybridized carbons (Fsp3) is 0.364. The van der Waals surface area contributed by atoms with Gasteiger partial charge in [0, 0.05) is 18.3 Å². The van der Waals surface area contributed by atoms with Crippen molar-refractivity contribution in [1.29, 1.82) is 0 Å². The first-order valence-corrected chi connectivity index (χ1v) is 9.80. The minimum Gasteiger partial charge on any atom is -0.497 e. The number of anilines is 1. The fourth-order valence-corrected chi connectivity index (χ4v) is 2.56. The number of carbonyl (C=O) groups is 1. The van der Waals surface area contributed by atoms with Gasteiger partial charge in [0.1, 0.15) is 17.6 Å². The van der Waals surface area contributed by atoms with E-state index in [2.05, 4.69) is 25.7 Å². The van der Waals surface area contributed by atoms with Gasteiger partial charge in [-0.3, -0.25) is 5.32 Å². The molecule has 0 aliphatic rings. The van der Waals surface area contributed by atoms with Crippen LogP contribution < -0.4 is 25.4 Å². The molecule has 8 nitrogen and oxygen atoms in total. The van der Waals surface area contributed by atoms with Gasteiger partial charge in [0.15, 0.2) is 5.96 Å². The minimum atomic E-state index is -0.496. The van der Waals surface area contributed by atoms with Crippen LogP contribution in [0.15, 0.2) is 53.5 Å². The Morgan fingerprint density at radius 2 is 1.77 bits per heavy atom. The lowest BCUT2D eigenvalue weighted by molar-refractivity contribution is 0.187. The molecule has 170 valence electrons. The van der Waals surface area contributed by atoms with Crippen LogP contribution in [0.25, 0.3) is 0 Å². The predicted molar refractivity (Wildman–Crippen MR) is 134 cm³/mol. The third-order valence-corrected chi connectivity index (χ3v) is 4.09. The topological polar surface area (TPSA) is 93.2 Å². The van der Waals surface area contributed by atoms with Crippen LogP contribution in [-0.4, -0.2) is 45.5 Å². The molecule has 0 bridgehead atoms. The first-order chi connectivity index (χ1) is 14.5. The molecular weight excluding hydrogens is 511 g/mol. The average molecular weight is 542 g/mol. The number of rotatable bonds is 9. The second-order valence-corrected chi connectivity index (χ2v) is 6.50. The Morgan fingerprint density at radius 3 is 2.42 bits per heavy atom. The van der Waals surface area contributed by atoms with Crippen LogP contribution in [0.5, 0.6) is 11.5 Å². The first-order valence-electron chi connectivity index (χ1n) is 9.80. The van der Waals surface area contributed by atoms with Crippen LogP contribution in [0.4, 0.5) is 10.5 Å². The highest BCUT2D eigenvalue weighted by molar-refractivity contribution is 14.0. The van der Waals surface area contributed by atoms with Gasteiger partial charge in [-0.25, -0.2) is 9.79 Å². The lowest BCUT2D eigenvalue weighted by Crippen LogP contribution is -2.41. The molecule has 0 spiro atoms. The van der Waals surface area contributed by atoms with Crippen LogP contribution in [0, 0.1) is 0 Å². The summed E-state index contributed by atoms with van der Waals surface area (Å²) in [6.07, 6.45) is -0.561. The number of hydrogen-bond donors (Lipinski definition) is 3. The van der Waals surface area contributed by atoms with Crippen molar-refractivity contribution < 1.29 is 19.0 Å². The van der Waals surface area contributed by atoms with Crippen LogP contribution in [0.1, 0.15) is 19.4 Å². The van der Waals surface area contributed by atoms with E-state index in [1.165, 1.54) is 7.11 Å². The van der Waals surface area contributed by atoms with E-state index in [1.54, 1.807) is 7.11 Å². The van der Waals surface area contributed by atoms with E-state index in [0.29, 0.717) is 24.7 Å². The molecule has 1 unspecified atom stereocenters. The van der Waals surface area contributed by atoms with Gasteiger partial charge < -0.3 is 24.8 Å². The monoisotopic (exact) mass is 542 g/mol. The van der Waals surface area contributed by atoms with E-state index >= 15 is 0 Å². The smallest absolute Gasteiger partial charge is 0.411 e. The number of benzene rings is 2. The van der Waals surface area contributed by atoms with Crippen molar-refractivity contribution >= 4 is 41.7 Å². The van der Waals surface area contributed by atoms with Gasteiger partial charge in [-0.2, -0.15) is 0 Å². The molecule has 0 heterocycles. The molecule has 31 heavy (non-hydrogen) atoms. The summed E-state index contributed by atoms with van der Waals surface area (Å²) in [6, 6.07) is 15.0. The zero-order chi connectivity index (χ0) is 21.8. The van der Waals surface area contributed by atoms with E-state index in [0.717, 1.165) is 23.6 Å². The van der Waals surface area contributed by atoms with Crippen molar-refractivity contribution in [2.24, 2.45) is 4.99 Å². The van der Waals surface area contributed by atoms with Crippen molar-refractivity contribution in [1.82, 2.24) is 10.6 Å². The largest absolute Gasteiger partial charge is 0.497 e. The van der Waals surface area contributed by atoms with Gasteiger partial charge in [-0.05, 0) is 43.7 Å². The Hall–Kier alpha value is -2.69. The Morgan fingerprint density at radius 1 is 1.06 bits per heavy atom. The van der Waals surface area contributed by atoms with Gasteiger partial charge in [-0.1, -0.05) is 18.2 Å². The van der Waals surface area contributed by atoms with Gasteiger partial charge in [-0.15, -0.1) is 24.0 Å². The summed E-state index contributed by atoms with van der Waals surface area (Å²) >= 11 is 0. The number of carbonyl (C=O) groups excluding carboxylic acids is 1. The van der Waals surface area contributed by atoms with Gasteiger partial charge in [0.2, 0.25) is 0 Å². The number of amides is 1. The maximum Gasteiger partial charge on any atom is 0.411 e. The normalized spacial score (nSPS) is 11.5. The number of nitrogens with zero attached hydrogens (tertiary/aromatic N) is 1. The predicted octanol–water partition coefficient (Wildman–Crippen LogP) is 4.01. The molecular formula is C22H31IN4O4. The Kier molecular flexibility index (Phi) is 12.2. The highest BCUT2D eigenvalue weighted by Crippen LogP contribution is 2.19. The van der Waals surface area contributed by atoms with E-state index < -0.39 is 6.09 Å². The van der Waals surface area contributed by atoms with Gasteiger partial charge in [0.25, 0.3) is 0 Å². The summed E-state index contributed by atoms with van der Waals surface area (Å²) in [5, 5.41) is 9.14. The second-order valence-electron chi connectivity index (χ2n) is 6.50. The molecule has 0 aromatic heterocycles. The maximum absolute atomic E-state index is 11.2. The quantitative estimate of drug-likeness (QED) is 0.252. The van der Waals surface area contributed by atoms with Crippen molar-refractivity contribution in [3.63, 3.8) is 0 Å². The molecule has 0 fully saturated rings. The van der Waals surface area contributed by atoms with Crippen LogP contribution in [-0.2, 0) is 11.3 Å². The maximum atomic E-state index is 11.2. The van der Waals surface area contributed by atoms with E-state index in [9.17, 15) is 4.79 Å². The lowest BCUT2D eigenvalue weighted by Gasteiger charge is -2.18. The highest BCUT2D eigenvalue weighted by Gasteiger charge is 2.07. The van der Waals surface area contributed by atoms with Crippen LogP contribution in [0.3, 0.4) is 0 Å². The number of guanidine groups is 1. The van der Waals surface area contributed by atoms with Crippen molar-refractivity contribution in [3.8, 4) is 11.5 Å². The molecule has 3 N–H and O–H groups in total. The second kappa shape index (κ2) is 14.3. The average Bonchev–Trinajstić information content (AvgIpc) is 2.76. The molecule has 1 atom stereocenters. The number of aliphatic imine (C=N–C) groups is 1. The molecule has 0 saturated carbocycles. The third-order valence-electron chi connectivity index (χ3n) is 4.09. The number of hydrogen-bond acceptors (Lipinski definition) is 5. The molecule has 2 aromatic carbocycles. The number of halogens is 1. The van der Waals surface area contributed by atoms with E-state index in [-0.39, 0.29) is 30.1 Å². The zero-order valence-corrected chi connectivity index (χ0v) is 20.6. The number of methoxy groups -OCH3 is 2. The SMILES string of the molecule is CCNC(=NCc1ccc(NC(=O)OC)cc1)NCC(C)Oc1cccc(OC)c1.I. The molecule has 2 rings (SSSR count). The Bertz CT molecular complexity index is 831. The van der Waals surface area contributed by atoms with Gasteiger partial charge in [0.05, 0.1) is 27.3 Å². The highest BCUT2D eigenvalue weighted by atomic mass is 127. The summed E-state index contributed by atoms with van der Waals surface area (Å²) in [5.41, 5.74) is 1.69. The molecule has 2 aromatic rings. The van der Waals surface area contributed by atoms with E-state index in [1.807, 2.05) is 62.4 Å². The minimum absolute atomic E-state index is 0. The molecule has 0 radical (unpaired) electrons. The van der Waals surface area contributed by atoms with Crippen LogP contribution >= 0.6 is 24.0 Å². The summed E-state index contributed by atoms with van der Waals surface area (Å²) < 4.78 is 15.7. The van der Waals surface area contributed by atoms with Gasteiger partial charge >= 0.3 is 6.09 Å².